The van der Waals surface area contributed by atoms with Crippen LogP contribution in [0, 0.1) is 11.8 Å². The predicted octanol–water partition coefficient (Wildman–Crippen LogP) is -2.41. The van der Waals surface area contributed by atoms with Gasteiger partial charge in [0.15, 0.2) is 5.25 Å². The Hall–Kier alpha value is 0.960. The molecule has 34 heavy (non-hydrogen) atoms. The summed E-state index contributed by atoms with van der Waals surface area (Å²) in [6.45, 7) is 8.26. The van der Waals surface area contributed by atoms with Crippen LogP contribution < -0.4 is 64.8 Å². The number of rotatable bonds is 16. The number of thiocarbonyl (C=S) groups is 1. The van der Waals surface area contributed by atoms with E-state index in [1.807, 2.05) is 13.8 Å². The number of nitrogens with two attached hydrogens (primary N) is 1. The van der Waals surface area contributed by atoms with E-state index in [1.165, 1.54) is 0 Å². The van der Waals surface area contributed by atoms with Crippen molar-refractivity contribution in [1.29, 1.82) is 0 Å². The van der Waals surface area contributed by atoms with Gasteiger partial charge in [0.25, 0.3) is 0 Å². The van der Waals surface area contributed by atoms with Gasteiger partial charge in [0.1, 0.15) is 10.1 Å². The molecule has 0 heterocycles. The molecule has 13 heteroatoms. The molecule has 3 unspecified atom stereocenters. The van der Waals surface area contributed by atoms with Gasteiger partial charge in [-0.05, 0) is 24.7 Å². The second kappa shape index (κ2) is 25.6. The van der Waals surface area contributed by atoms with Crippen LogP contribution in [0.15, 0.2) is 0 Å². The Morgan fingerprint density at radius 3 is 1.65 bits per heavy atom. The molecular weight excluding hydrogens is 520 g/mol. The monoisotopic (exact) mass is 559 g/mol. The van der Waals surface area contributed by atoms with Crippen molar-refractivity contribution in [3.8, 4) is 0 Å². The fourth-order valence-corrected chi connectivity index (χ4v) is 3.46. The molecule has 0 aliphatic rings. The van der Waals surface area contributed by atoms with E-state index in [0.29, 0.717) is 0 Å². The maximum absolute atomic E-state index is 12.1. The van der Waals surface area contributed by atoms with Crippen molar-refractivity contribution in [2.75, 3.05) is 13.2 Å². The van der Waals surface area contributed by atoms with E-state index >= 15 is 0 Å². The average molecular weight is 560 g/mol. The average Bonchev–Trinajstić information content (AvgIpc) is 2.70. The van der Waals surface area contributed by atoms with Crippen molar-refractivity contribution in [2.24, 2.45) is 17.6 Å². The Morgan fingerprint density at radius 2 is 1.32 bits per heavy atom. The zero-order valence-electron chi connectivity index (χ0n) is 21.7. The maximum Gasteiger partial charge on any atom is 1.00 e. The molecule has 0 saturated heterocycles. The SMILES string of the molecule is CCCCC(CC)COC(=O)CC(C(=O)OCC(CC)CCCC)S(=O)(=O)[O-].NC(=S)[S-].[Na+].[Na+]. The summed E-state index contributed by atoms with van der Waals surface area (Å²) in [7, 11) is -5.01. The summed E-state index contributed by atoms with van der Waals surface area (Å²) in [4.78, 5) is 24.1. The first-order chi connectivity index (χ1) is 14.9. The minimum atomic E-state index is -5.01. The van der Waals surface area contributed by atoms with E-state index in [2.05, 4.69) is 44.4 Å². The van der Waals surface area contributed by atoms with Crippen LogP contribution in [0.25, 0.3) is 0 Å². The maximum atomic E-state index is 12.1. The van der Waals surface area contributed by atoms with Crippen molar-refractivity contribution in [1.82, 2.24) is 0 Å². The molecule has 0 radical (unpaired) electrons. The van der Waals surface area contributed by atoms with Gasteiger partial charge >= 0.3 is 71.1 Å². The smallest absolute Gasteiger partial charge is 0.747 e. The molecule has 0 bridgehead atoms. The quantitative estimate of drug-likeness (QED) is 0.0716. The van der Waals surface area contributed by atoms with E-state index in [0.717, 1.165) is 51.4 Å². The number of ether oxygens (including phenoxy) is 2. The Balaban J connectivity index is -0.000000690. The fourth-order valence-electron chi connectivity index (χ4n) is 2.81. The minimum Gasteiger partial charge on any atom is -0.747 e. The summed E-state index contributed by atoms with van der Waals surface area (Å²) in [6.07, 6.45) is 6.58. The van der Waals surface area contributed by atoms with Crippen molar-refractivity contribution in [3.05, 3.63) is 0 Å². The van der Waals surface area contributed by atoms with Crippen LogP contribution in [0.2, 0.25) is 0 Å². The van der Waals surface area contributed by atoms with Crippen LogP contribution in [0.1, 0.15) is 85.5 Å². The zero-order valence-corrected chi connectivity index (χ0v) is 28.1. The van der Waals surface area contributed by atoms with Crippen LogP contribution in [0.5, 0.6) is 0 Å². The summed E-state index contributed by atoms with van der Waals surface area (Å²) in [5, 5.41) is -2.06. The Kier molecular flexibility index (Phi) is 31.7. The topological polar surface area (TPSA) is 136 Å². The predicted molar refractivity (Wildman–Crippen MR) is 131 cm³/mol. The van der Waals surface area contributed by atoms with Gasteiger partial charge in [-0.3, -0.25) is 9.59 Å². The second-order valence-electron chi connectivity index (χ2n) is 7.65. The third-order valence-corrected chi connectivity index (χ3v) is 6.05. The molecule has 0 aliphatic carbocycles. The summed E-state index contributed by atoms with van der Waals surface area (Å²) < 4.78 is 44.7. The first-order valence-corrected chi connectivity index (χ1v) is 13.4. The molecule has 0 aromatic rings. The Bertz CT molecular complexity index is 648. The third-order valence-electron chi connectivity index (χ3n) is 4.99. The number of carbonyl (C=O) groups is 2. The number of hydrogen-bond donors (Lipinski definition) is 1. The van der Waals surface area contributed by atoms with Crippen LogP contribution >= 0.6 is 12.2 Å². The van der Waals surface area contributed by atoms with Gasteiger partial charge in [-0.25, -0.2) is 8.42 Å². The first-order valence-electron chi connectivity index (χ1n) is 11.2. The van der Waals surface area contributed by atoms with E-state index in [9.17, 15) is 22.6 Å². The van der Waals surface area contributed by atoms with Gasteiger partial charge in [0.05, 0.1) is 19.6 Å². The van der Waals surface area contributed by atoms with Gasteiger partial charge in [0.2, 0.25) is 0 Å². The molecule has 0 spiro atoms. The largest absolute Gasteiger partial charge is 1.00 e. The summed E-state index contributed by atoms with van der Waals surface area (Å²) >= 11 is 8.26. The molecule has 0 amide bonds. The Labute approximate surface area is 261 Å². The normalized spacial score (nSPS) is 13.0. The van der Waals surface area contributed by atoms with Crippen LogP contribution in [-0.4, -0.2) is 47.7 Å². The molecule has 3 atom stereocenters. The van der Waals surface area contributed by atoms with E-state index in [4.69, 9.17) is 9.47 Å². The van der Waals surface area contributed by atoms with E-state index < -0.39 is 33.7 Å². The van der Waals surface area contributed by atoms with Crippen molar-refractivity contribution in [2.45, 2.75) is 90.7 Å². The number of unbranched alkanes of at least 4 members (excludes halogenated alkanes) is 2. The van der Waals surface area contributed by atoms with E-state index in [1.54, 1.807) is 0 Å². The van der Waals surface area contributed by atoms with Gasteiger partial charge in [-0.15, -0.1) is 0 Å². The molecule has 190 valence electrons. The summed E-state index contributed by atoms with van der Waals surface area (Å²) in [5.41, 5.74) is 4.66. The molecule has 0 aromatic heterocycles. The fraction of sp³-hybridized carbons (Fsp3) is 0.857. The minimum absolute atomic E-state index is 0. The molecule has 2 N–H and O–H groups in total. The van der Waals surface area contributed by atoms with E-state index in [-0.39, 0.29) is 88.5 Å². The zero-order chi connectivity index (χ0) is 25.2. The molecule has 0 rings (SSSR count). The van der Waals surface area contributed by atoms with Crippen LogP contribution in [-0.2, 0) is 41.8 Å². The summed E-state index contributed by atoms with van der Waals surface area (Å²) in [6, 6.07) is 0. The van der Waals surface area contributed by atoms with Gasteiger partial charge in [-0.2, -0.15) is 0 Å². The van der Waals surface area contributed by atoms with Gasteiger partial charge < -0.3 is 44.6 Å². The summed E-state index contributed by atoms with van der Waals surface area (Å²) in [5.74, 6) is -1.74. The van der Waals surface area contributed by atoms with Crippen molar-refractivity contribution in [3.63, 3.8) is 0 Å². The molecule has 0 saturated carbocycles. The Morgan fingerprint density at radius 1 is 0.941 bits per heavy atom. The number of hydrogen-bond acceptors (Lipinski definition) is 9. The molecule has 0 fully saturated rings. The molecule has 8 nitrogen and oxygen atoms in total. The third kappa shape index (κ3) is 24.6. The molecular formula is C21H39NNa2O7S3. The molecule has 0 aromatic carbocycles. The van der Waals surface area contributed by atoms with Crippen LogP contribution in [0.3, 0.4) is 0 Å². The first kappa shape index (κ1) is 42.1. The number of carbonyl (C=O) groups excluding carboxylic acids is 2. The second-order valence-corrected chi connectivity index (χ2v) is 10.3. The van der Waals surface area contributed by atoms with Crippen molar-refractivity contribution < 1.29 is 91.1 Å². The van der Waals surface area contributed by atoms with Gasteiger partial charge in [0, 0.05) is 0 Å². The van der Waals surface area contributed by atoms with Crippen LogP contribution in [0.4, 0.5) is 0 Å². The standard InChI is InChI=1S/C20H38O7S.CH3NS2.2Na/c1-5-9-11-16(7-3)14-26-19(21)13-18(28(23,24)25)20(22)27-15-17(8-4)12-10-6-2;2-1(3)4;;/h16-18H,5-15H2,1-4H3,(H,23,24,25);(H3,2,3,4);;/q;;2*+1/p-2. The number of esters is 2. The molecule has 0 aliphatic heterocycles. The van der Waals surface area contributed by atoms with Gasteiger partial charge in [-0.1, -0.05) is 70.5 Å². The van der Waals surface area contributed by atoms with Crippen molar-refractivity contribution >= 4 is 51.2 Å².